The van der Waals surface area contributed by atoms with Gasteiger partial charge in [-0.2, -0.15) is 0 Å². The molecular formula is C40H60MnO4. The van der Waals surface area contributed by atoms with Gasteiger partial charge in [-0.25, -0.2) is 0 Å². The maximum Gasteiger partial charge on any atom is 0.309 e. The molecule has 2 fully saturated rings. The van der Waals surface area contributed by atoms with Crippen molar-refractivity contribution in [3.05, 3.63) is 46.6 Å². The van der Waals surface area contributed by atoms with E-state index in [4.69, 9.17) is 0 Å². The van der Waals surface area contributed by atoms with E-state index in [2.05, 4.69) is 65.8 Å². The Hall–Kier alpha value is -1.58. The largest absolute Gasteiger partial charge is 0.481 e. The zero-order chi connectivity index (χ0) is 32.2. The first-order valence-electron chi connectivity index (χ1n) is 17.9. The molecule has 6 rings (SSSR count). The first-order valence-corrected chi connectivity index (χ1v) is 17.9. The van der Waals surface area contributed by atoms with E-state index >= 15 is 0 Å². The van der Waals surface area contributed by atoms with Gasteiger partial charge in [0.1, 0.15) is 0 Å². The van der Waals surface area contributed by atoms with E-state index in [0.717, 1.165) is 38.5 Å². The van der Waals surface area contributed by atoms with Crippen molar-refractivity contribution in [2.75, 3.05) is 0 Å². The van der Waals surface area contributed by atoms with Gasteiger partial charge in [0.2, 0.25) is 0 Å². The van der Waals surface area contributed by atoms with Crippen molar-refractivity contribution >= 4 is 11.9 Å². The number of allylic oxidation sites excluding steroid dienone is 8. The molecule has 45 heavy (non-hydrogen) atoms. The molecule has 4 nitrogen and oxygen atoms in total. The second-order valence-electron chi connectivity index (χ2n) is 17.1. The summed E-state index contributed by atoms with van der Waals surface area (Å²) in [6.45, 7) is 17.9. The van der Waals surface area contributed by atoms with Crippen molar-refractivity contribution in [3.8, 4) is 0 Å². The second kappa shape index (κ2) is 13.1. The minimum Gasteiger partial charge on any atom is -0.481 e. The van der Waals surface area contributed by atoms with E-state index < -0.39 is 22.8 Å². The third-order valence-electron chi connectivity index (χ3n) is 14.1. The van der Waals surface area contributed by atoms with E-state index in [9.17, 15) is 19.8 Å². The van der Waals surface area contributed by atoms with Crippen LogP contribution in [0, 0.1) is 57.2 Å². The normalized spacial score (nSPS) is 40.4. The predicted octanol–water partition coefficient (Wildman–Crippen LogP) is 10.4. The summed E-state index contributed by atoms with van der Waals surface area (Å²) in [6.07, 6.45) is 22.4. The molecule has 0 aromatic heterocycles. The summed E-state index contributed by atoms with van der Waals surface area (Å²) in [4.78, 5) is 23.9. The molecule has 2 saturated carbocycles. The van der Waals surface area contributed by atoms with Crippen LogP contribution in [0.3, 0.4) is 0 Å². The average Bonchev–Trinajstić information content (AvgIpc) is 2.96. The van der Waals surface area contributed by atoms with E-state index in [-0.39, 0.29) is 39.7 Å². The summed E-state index contributed by atoms with van der Waals surface area (Å²) >= 11 is 0. The zero-order valence-electron chi connectivity index (χ0n) is 29.3. The van der Waals surface area contributed by atoms with Crippen LogP contribution in [0.15, 0.2) is 46.6 Å². The Bertz CT molecular complexity index is 1190. The van der Waals surface area contributed by atoms with Crippen molar-refractivity contribution in [2.24, 2.45) is 57.2 Å². The van der Waals surface area contributed by atoms with Gasteiger partial charge in [-0.3, -0.25) is 9.59 Å². The number of hydrogen-bond donors (Lipinski definition) is 2. The minimum absolute atomic E-state index is 0. The molecule has 0 aromatic rings. The van der Waals surface area contributed by atoms with Gasteiger partial charge in [0.15, 0.2) is 0 Å². The van der Waals surface area contributed by atoms with Crippen LogP contribution >= 0.6 is 0 Å². The first-order chi connectivity index (χ1) is 20.6. The SMILES string of the molecule is CC(C)C1=CC2=CCC3[C@](C)(C(=O)O)CCC[C@]3(C)[C@H]2CC1.CC(C)C1=CC2=CCC3[C@](C)(C(=O)O)CCC[C@]3(C)[C@H]2CC1.[Mn]. The fourth-order valence-electron chi connectivity index (χ4n) is 11.2. The number of rotatable bonds is 4. The van der Waals surface area contributed by atoms with Gasteiger partial charge in [-0.15, -0.1) is 0 Å². The summed E-state index contributed by atoms with van der Waals surface area (Å²) in [5.74, 6) is 1.78. The van der Waals surface area contributed by atoms with Crippen molar-refractivity contribution in [1.82, 2.24) is 0 Å². The maximum absolute atomic E-state index is 11.9. The Morgan fingerprint density at radius 1 is 0.667 bits per heavy atom. The number of hydrogen-bond acceptors (Lipinski definition) is 2. The Morgan fingerprint density at radius 2 is 1.02 bits per heavy atom. The standard InChI is InChI=1S/2C20H30O2.Mn/c2*1-13(2)14-6-8-16-15(12-14)7-9-17-19(16,3)10-5-11-20(17,4)18(21)22;/h2*7,12-13,16-17H,5-6,8-11H2,1-4H3,(H,21,22);/t2*16-,17?,19+,20+;/m00./s1. The zero-order valence-corrected chi connectivity index (χ0v) is 30.5. The number of carbonyl (C=O) groups is 2. The monoisotopic (exact) mass is 659 g/mol. The summed E-state index contributed by atoms with van der Waals surface area (Å²) in [6, 6.07) is 0. The molecule has 8 atom stereocenters. The van der Waals surface area contributed by atoms with Crippen LogP contribution in [0.2, 0.25) is 0 Å². The van der Waals surface area contributed by atoms with Gasteiger partial charge < -0.3 is 10.2 Å². The molecule has 0 saturated heterocycles. The number of aliphatic carboxylic acids is 2. The van der Waals surface area contributed by atoms with Crippen LogP contribution < -0.4 is 0 Å². The van der Waals surface area contributed by atoms with Crippen LogP contribution in [-0.2, 0) is 26.7 Å². The number of carboxylic acids is 2. The van der Waals surface area contributed by atoms with E-state index in [0.29, 0.717) is 23.7 Å². The van der Waals surface area contributed by atoms with E-state index in [1.165, 1.54) is 49.7 Å². The van der Waals surface area contributed by atoms with E-state index in [1.54, 1.807) is 11.1 Å². The topological polar surface area (TPSA) is 74.6 Å². The van der Waals surface area contributed by atoms with Crippen molar-refractivity contribution < 1.29 is 36.9 Å². The molecule has 5 heteroatoms. The summed E-state index contributed by atoms with van der Waals surface area (Å²) in [7, 11) is 0. The molecule has 1 radical (unpaired) electrons. The second-order valence-corrected chi connectivity index (χ2v) is 17.1. The maximum atomic E-state index is 11.9. The van der Waals surface area contributed by atoms with Gasteiger partial charge in [0.05, 0.1) is 10.8 Å². The molecule has 0 aliphatic heterocycles. The Balaban J connectivity index is 0.000000200. The Labute approximate surface area is 284 Å². The van der Waals surface area contributed by atoms with E-state index in [1.807, 2.05) is 13.8 Å². The molecule has 6 aliphatic carbocycles. The molecular weight excluding hydrogens is 599 g/mol. The molecule has 0 aromatic carbocycles. The summed E-state index contributed by atoms with van der Waals surface area (Å²) < 4.78 is 0. The van der Waals surface area contributed by atoms with Gasteiger partial charge in [0, 0.05) is 17.1 Å². The van der Waals surface area contributed by atoms with Crippen LogP contribution in [0.4, 0.5) is 0 Å². The Kier molecular flexibility index (Phi) is 10.6. The quantitative estimate of drug-likeness (QED) is 0.295. The molecule has 0 amide bonds. The van der Waals surface area contributed by atoms with Gasteiger partial charge in [0.25, 0.3) is 0 Å². The van der Waals surface area contributed by atoms with Gasteiger partial charge in [-0.05, 0) is 136 Å². The predicted molar refractivity (Wildman–Crippen MR) is 179 cm³/mol. The van der Waals surface area contributed by atoms with Crippen LogP contribution in [0.5, 0.6) is 0 Å². The van der Waals surface area contributed by atoms with Crippen molar-refractivity contribution in [2.45, 2.75) is 132 Å². The van der Waals surface area contributed by atoms with Crippen LogP contribution in [-0.4, -0.2) is 22.2 Å². The average molecular weight is 660 g/mol. The van der Waals surface area contributed by atoms with Crippen molar-refractivity contribution in [1.29, 1.82) is 0 Å². The third-order valence-corrected chi connectivity index (χ3v) is 14.1. The molecule has 251 valence electrons. The number of carboxylic acid groups (broad SMARTS) is 2. The fraction of sp³-hybridized carbons (Fsp3) is 0.750. The van der Waals surface area contributed by atoms with Gasteiger partial charge in [-0.1, -0.05) is 89.8 Å². The van der Waals surface area contributed by atoms with Crippen LogP contribution in [0.25, 0.3) is 0 Å². The molecule has 0 heterocycles. The molecule has 0 bridgehead atoms. The van der Waals surface area contributed by atoms with Gasteiger partial charge >= 0.3 is 11.9 Å². The molecule has 2 unspecified atom stereocenters. The molecule has 0 spiro atoms. The number of fused-ring (bicyclic) bond motifs is 6. The smallest absolute Gasteiger partial charge is 0.309 e. The summed E-state index contributed by atoms with van der Waals surface area (Å²) in [5.41, 5.74) is 5.38. The molecule has 2 N–H and O–H groups in total. The minimum atomic E-state index is -0.588. The Morgan fingerprint density at radius 3 is 1.33 bits per heavy atom. The summed E-state index contributed by atoms with van der Waals surface area (Å²) in [5, 5.41) is 19.7. The molecule has 6 aliphatic rings. The van der Waals surface area contributed by atoms with Crippen LogP contribution in [0.1, 0.15) is 132 Å². The fourth-order valence-corrected chi connectivity index (χ4v) is 11.2. The third kappa shape index (κ3) is 6.12. The van der Waals surface area contributed by atoms with Crippen molar-refractivity contribution in [3.63, 3.8) is 0 Å². The first kappa shape index (κ1) is 36.3.